The fourth-order valence-electron chi connectivity index (χ4n) is 2.43. The van der Waals surface area contributed by atoms with Gasteiger partial charge in [0.1, 0.15) is 5.82 Å². The fraction of sp³-hybridized carbons (Fsp3) is 0.467. The zero-order chi connectivity index (χ0) is 15.6. The van der Waals surface area contributed by atoms with Crippen molar-refractivity contribution in [1.82, 2.24) is 5.32 Å². The van der Waals surface area contributed by atoms with Crippen LogP contribution in [-0.2, 0) is 4.79 Å². The van der Waals surface area contributed by atoms with Gasteiger partial charge in [0.25, 0.3) is 11.7 Å². The summed E-state index contributed by atoms with van der Waals surface area (Å²) in [6, 6.07) is 1.61. The maximum atomic E-state index is 13.9. The first-order valence-corrected chi connectivity index (χ1v) is 7.01. The number of carbonyl (C=O) groups excluding carboxylic acids is 2. The van der Waals surface area contributed by atoms with Crippen LogP contribution in [0.25, 0.3) is 0 Å². The quantitative estimate of drug-likeness (QED) is 0.646. The molecule has 1 N–H and O–H groups in total. The Morgan fingerprint density at radius 2 is 2.00 bits per heavy atom. The molecule has 1 aromatic carbocycles. The van der Waals surface area contributed by atoms with Gasteiger partial charge in [0.2, 0.25) is 0 Å². The zero-order valence-electron chi connectivity index (χ0n) is 12.1. The Kier molecular flexibility index (Phi) is 4.67. The summed E-state index contributed by atoms with van der Waals surface area (Å²) >= 11 is 0. The molecule has 0 bridgehead atoms. The van der Waals surface area contributed by atoms with Gasteiger partial charge < -0.3 is 10.2 Å². The molecule has 4 nitrogen and oxygen atoms in total. The molecule has 6 heteroatoms. The van der Waals surface area contributed by atoms with Gasteiger partial charge in [-0.25, -0.2) is 8.78 Å². The van der Waals surface area contributed by atoms with Crippen LogP contribution in [0.3, 0.4) is 0 Å². The molecule has 114 valence electrons. The van der Waals surface area contributed by atoms with E-state index in [0.717, 1.165) is 23.9 Å². The number of rotatable bonds is 6. The molecule has 0 spiro atoms. The Balaban J connectivity index is 2.19. The Morgan fingerprint density at radius 1 is 1.29 bits per heavy atom. The highest BCUT2D eigenvalue weighted by atomic mass is 19.1. The highest BCUT2D eigenvalue weighted by Gasteiger charge is 2.39. The minimum Gasteiger partial charge on any atom is -0.316 e. The summed E-state index contributed by atoms with van der Waals surface area (Å²) in [4.78, 5) is 24.9. The van der Waals surface area contributed by atoms with Crippen LogP contribution in [-0.4, -0.2) is 31.3 Å². The van der Waals surface area contributed by atoms with Crippen molar-refractivity contribution in [3.63, 3.8) is 0 Å². The number of fused-ring (bicyclic) bond motifs is 1. The molecular formula is C15H18F2N2O2. The highest BCUT2D eigenvalue weighted by Crippen LogP contribution is 2.33. The largest absolute Gasteiger partial charge is 0.316 e. The smallest absolute Gasteiger partial charge is 0.299 e. The molecule has 1 heterocycles. The SMILES string of the molecule is CCCNCC(C)CN1C(=O)C(=O)c2cc(F)cc(F)c21. The average molecular weight is 296 g/mol. The van der Waals surface area contributed by atoms with Gasteiger partial charge >= 0.3 is 0 Å². The number of hydrogen-bond acceptors (Lipinski definition) is 3. The molecule has 1 unspecified atom stereocenters. The average Bonchev–Trinajstić information content (AvgIpc) is 2.64. The zero-order valence-corrected chi connectivity index (χ0v) is 12.1. The molecule has 1 aromatic rings. The minimum absolute atomic E-state index is 0.0451. The third-order valence-electron chi connectivity index (χ3n) is 3.40. The van der Waals surface area contributed by atoms with Crippen molar-refractivity contribution in [3.8, 4) is 0 Å². The molecule has 0 fully saturated rings. The minimum atomic E-state index is -0.877. The summed E-state index contributed by atoms with van der Waals surface area (Å²) in [5, 5.41) is 3.21. The fourth-order valence-corrected chi connectivity index (χ4v) is 2.43. The van der Waals surface area contributed by atoms with Crippen molar-refractivity contribution >= 4 is 17.4 Å². The summed E-state index contributed by atoms with van der Waals surface area (Å²) < 4.78 is 27.1. The monoisotopic (exact) mass is 296 g/mol. The third-order valence-corrected chi connectivity index (χ3v) is 3.40. The third kappa shape index (κ3) is 3.10. The number of nitrogens with zero attached hydrogens (tertiary/aromatic N) is 1. The van der Waals surface area contributed by atoms with E-state index in [9.17, 15) is 18.4 Å². The molecule has 0 saturated heterocycles. The van der Waals surface area contributed by atoms with Gasteiger partial charge in [-0.15, -0.1) is 0 Å². The van der Waals surface area contributed by atoms with Crippen molar-refractivity contribution in [1.29, 1.82) is 0 Å². The lowest BCUT2D eigenvalue weighted by atomic mass is 10.1. The number of amides is 1. The molecule has 1 aliphatic heterocycles. The van der Waals surface area contributed by atoms with Gasteiger partial charge in [-0.05, 0) is 31.5 Å². The lowest BCUT2D eigenvalue weighted by molar-refractivity contribution is -0.114. The van der Waals surface area contributed by atoms with Crippen molar-refractivity contribution in [2.45, 2.75) is 20.3 Å². The van der Waals surface area contributed by atoms with E-state index in [2.05, 4.69) is 5.32 Å². The van der Waals surface area contributed by atoms with Gasteiger partial charge in [0, 0.05) is 12.6 Å². The molecule has 0 radical (unpaired) electrons. The van der Waals surface area contributed by atoms with Crippen LogP contribution in [0.5, 0.6) is 0 Å². The summed E-state index contributed by atoms with van der Waals surface area (Å²) in [5.74, 6) is -3.33. The Hall–Kier alpha value is -1.82. The number of anilines is 1. The number of carbonyl (C=O) groups is 2. The summed E-state index contributed by atoms with van der Waals surface area (Å²) in [6.07, 6.45) is 0.991. The second-order valence-corrected chi connectivity index (χ2v) is 5.34. The molecule has 1 atom stereocenters. The van der Waals surface area contributed by atoms with Crippen LogP contribution in [0.15, 0.2) is 12.1 Å². The van der Waals surface area contributed by atoms with Gasteiger partial charge in [0.05, 0.1) is 11.3 Å². The molecular weight excluding hydrogens is 278 g/mol. The van der Waals surface area contributed by atoms with E-state index in [1.165, 1.54) is 0 Å². The molecule has 0 aliphatic carbocycles. The van der Waals surface area contributed by atoms with Gasteiger partial charge in [0.15, 0.2) is 5.82 Å². The summed E-state index contributed by atoms with van der Waals surface area (Å²) in [7, 11) is 0. The molecule has 21 heavy (non-hydrogen) atoms. The molecule has 1 aliphatic rings. The molecule has 2 rings (SSSR count). The van der Waals surface area contributed by atoms with E-state index in [1.54, 1.807) is 0 Å². The number of benzene rings is 1. The van der Waals surface area contributed by atoms with Crippen LogP contribution in [0, 0.1) is 17.6 Å². The second-order valence-electron chi connectivity index (χ2n) is 5.34. The van der Waals surface area contributed by atoms with Gasteiger partial charge in [-0.2, -0.15) is 0 Å². The summed E-state index contributed by atoms with van der Waals surface area (Å²) in [6.45, 7) is 5.68. The van der Waals surface area contributed by atoms with Crippen LogP contribution in [0.2, 0.25) is 0 Å². The topological polar surface area (TPSA) is 49.4 Å². The highest BCUT2D eigenvalue weighted by molar-refractivity contribution is 6.52. The molecule has 0 saturated carbocycles. The van der Waals surface area contributed by atoms with E-state index < -0.39 is 23.3 Å². The van der Waals surface area contributed by atoms with Crippen LogP contribution >= 0.6 is 0 Å². The first-order valence-electron chi connectivity index (χ1n) is 7.01. The van der Waals surface area contributed by atoms with E-state index >= 15 is 0 Å². The van der Waals surface area contributed by atoms with Crippen LogP contribution in [0.1, 0.15) is 30.6 Å². The van der Waals surface area contributed by atoms with Crippen molar-refractivity contribution in [2.24, 2.45) is 5.92 Å². The maximum Gasteiger partial charge on any atom is 0.299 e. The second kappa shape index (κ2) is 6.30. The van der Waals surface area contributed by atoms with Crippen LogP contribution < -0.4 is 10.2 Å². The van der Waals surface area contributed by atoms with Gasteiger partial charge in [-0.3, -0.25) is 9.59 Å². The molecule has 1 amide bonds. The van der Waals surface area contributed by atoms with E-state index in [4.69, 9.17) is 0 Å². The first-order chi connectivity index (χ1) is 9.95. The first kappa shape index (κ1) is 15.6. The van der Waals surface area contributed by atoms with Crippen molar-refractivity contribution in [2.75, 3.05) is 24.5 Å². The van der Waals surface area contributed by atoms with Crippen LogP contribution in [0.4, 0.5) is 14.5 Å². The predicted octanol–water partition coefficient (Wildman–Crippen LogP) is 2.13. The Morgan fingerprint density at radius 3 is 2.67 bits per heavy atom. The van der Waals surface area contributed by atoms with Crippen molar-refractivity contribution in [3.05, 3.63) is 29.3 Å². The summed E-state index contributed by atoms with van der Waals surface area (Å²) in [5.41, 5.74) is -0.292. The number of Topliss-reactive ketones (excluding diaryl/α,β-unsaturated/α-hetero) is 1. The molecule has 0 aromatic heterocycles. The number of ketones is 1. The predicted molar refractivity (Wildman–Crippen MR) is 75.4 cm³/mol. The number of halogens is 2. The van der Waals surface area contributed by atoms with Gasteiger partial charge in [-0.1, -0.05) is 13.8 Å². The normalized spacial score (nSPS) is 15.5. The van der Waals surface area contributed by atoms with E-state index in [0.29, 0.717) is 12.6 Å². The van der Waals surface area contributed by atoms with E-state index in [-0.39, 0.29) is 23.7 Å². The lowest BCUT2D eigenvalue weighted by Crippen LogP contribution is -2.37. The number of hydrogen-bond donors (Lipinski definition) is 1. The van der Waals surface area contributed by atoms with E-state index in [1.807, 2.05) is 13.8 Å². The maximum absolute atomic E-state index is 13.9. The Bertz CT molecular complexity index is 575. The standard InChI is InChI=1S/C15H18F2N2O2/c1-3-4-18-7-9(2)8-19-13-11(14(20)15(19)21)5-10(16)6-12(13)17/h5-6,9,18H,3-4,7-8H2,1-2H3. The number of nitrogens with one attached hydrogen (secondary N) is 1. The lowest BCUT2D eigenvalue weighted by Gasteiger charge is -2.21. The Labute approximate surface area is 122 Å². The van der Waals surface area contributed by atoms with Crippen molar-refractivity contribution < 1.29 is 18.4 Å².